The van der Waals surface area contributed by atoms with Gasteiger partial charge in [0.05, 0.1) is 0 Å². The van der Waals surface area contributed by atoms with Crippen LogP contribution < -0.4 is 5.32 Å². The normalized spacial score (nSPS) is 12.7. The van der Waals surface area contributed by atoms with Crippen molar-refractivity contribution in [3.8, 4) is 0 Å². The van der Waals surface area contributed by atoms with E-state index in [2.05, 4.69) is 28.4 Å². The van der Waals surface area contributed by atoms with Gasteiger partial charge in [-0.1, -0.05) is 36.4 Å². The van der Waals surface area contributed by atoms with Crippen LogP contribution in [0.5, 0.6) is 0 Å². The number of nitrogens with one attached hydrogen (secondary N) is 1. The smallest absolute Gasteiger partial charge is 0.127 e. The van der Waals surface area contributed by atoms with Crippen molar-refractivity contribution in [3.63, 3.8) is 0 Å². The molecule has 0 unspecified atom stereocenters. The van der Waals surface area contributed by atoms with Gasteiger partial charge in [-0.05, 0) is 30.7 Å². The number of hydrogen-bond acceptors (Lipinski definition) is 2. The van der Waals surface area contributed by atoms with Gasteiger partial charge in [0.15, 0.2) is 0 Å². The second-order valence-corrected chi connectivity index (χ2v) is 5.39. The molecule has 0 saturated heterocycles. The number of para-hydroxylation sites is 1. The van der Waals surface area contributed by atoms with Crippen LogP contribution in [0.2, 0.25) is 0 Å². The Hall–Kier alpha value is -1.58. The summed E-state index contributed by atoms with van der Waals surface area (Å²) in [5.41, 5.74) is 4.70. The third kappa shape index (κ3) is 3.55. The van der Waals surface area contributed by atoms with Crippen molar-refractivity contribution < 1.29 is 4.39 Å². The Kier molecular flexibility index (Phi) is 5.21. The van der Waals surface area contributed by atoms with Gasteiger partial charge < -0.3 is 5.32 Å². The second-order valence-electron chi connectivity index (χ2n) is 5.39. The number of benzene rings is 2. The molecule has 1 aliphatic heterocycles. The number of anilines is 1. The molecule has 0 radical (unpaired) electrons. The largest absolute Gasteiger partial charge is 0.384 e. The molecule has 21 heavy (non-hydrogen) atoms. The van der Waals surface area contributed by atoms with Crippen LogP contribution in [0.3, 0.4) is 0 Å². The fraction of sp³-hybridized carbons (Fsp3) is 0.294. The summed E-state index contributed by atoms with van der Waals surface area (Å²) in [6.45, 7) is 2.46. The van der Waals surface area contributed by atoms with Gasteiger partial charge in [-0.3, -0.25) is 4.90 Å². The molecule has 0 amide bonds. The van der Waals surface area contributed by atoms with E-state index in [-0.39, 0.29) is 18.2 Å². The molecule has 0 atom stereocenters. The molecule has 0 aromatic heterocycles. The Morgan fingerprint density at radius 3 is 2.57 bits per heavy atom. The molecule has 2 aromatic carbocycles. The zero-order valence-electron chi connectivity index (χ0n) is 12.1. The minimum absolute atomic E-state index is 0. The van der Waals surface area contributed by atoms with Gasteiger partial charge in [0.1, 0.15) is 5.82 Å². The van der Waals surface area contributed by atoms with E-state index in [1.54, 1.807) is 6.07 Å². The van der Waals surface area contributed by atoms with Crippen molar-refractivity contribution in [3.05, 3.63) is 65.0 Å². The predicted octanol–water partition coefficient (Wildman–Crippen LogP) is 3.85. The van der Waals surface area contributed by atoms with Crippen LogP contribution in [0, 0.1) is 5.82 Å². The summed E-state index contributed by atoms with van der Waals surface area (Å²) in [5, 5.41) is 3.45. The van der Waals surface area contributed by atoms with Crippen LogP contribution in [0.1, 0.15) is 16.7 Å². The highest BCUT2D eigenvalue weighted by Gasteiger charge is 2.15. The van der Waals surface area contributed by atoms with Crippen LogP contribution in [0.4, 0.5) is 10.1 Å². The molecule has 1 aliphatic rings. The number of nitrogens with zero attached hydrogens (tertiary/aromatic N) is 1. The number of rotatable bonds is 4. The Morgan fingerprint density at radius 1 is 1.05 bits per heavy atom. The summed E-state index contributed by atoms with van der Waals surface area (Å²) in [6.07, 6.45) is 1.10. The summed E-state index contributed by atoms with van der Waals surface area (Å²) in [4.78, 5) is 2.15. The van der Waals surface area contributed by atoms with Gasteiger partial charge in [0.25, 0.3) is 0 Å². The molecule has 0 spiro atoms. The summed E-state index contributed by atoms with van der Waals surface area (Å²) >= 11 is 0. The van der Waals surface area contributed by atoms with Gasteiger partial charge in [-0.2, -0.15) is 0 Å². The highest BCUT2D eigenvalue weighted by atomic mass is 35.5. The molecule has 0 saturated carbocycles. The Labute approximate surface area is 131 Å². The maximum atomic E-state index is 13.7. The third-order valence-electron chi connectivity index (χ3n) is 3.77. The standard InChI is InChI=1S/C17H19FN2.ClH/c1-20(11-14-5-2-3-8-16(14)18)12-15-7-4-6-13-9-10-19-17(13)15;/h2-8,19H,9-12H2,1H3;1H. The van der Waals surface area contributed by atoms with Crippen molar-refractivity contribution in [1.82, 2.24) is 4.90 Å². The van der Waals surface area contributed by atoms with E-state index in [1.165, 1.54) is 22.9 Å². The summed E-state index contributed by atoms with van der Waals surface area (Å²) in [7, 11) is 2.03. The van der Waals surface area contributed by atoms with E-state index < -0.39 is 0 Å². The van der Waals surface area contributed by atoms with Crippen molar-refractivity contribution in [2.45, 2.75) is 19.5 Å². The number of hydrogen-bond donors (Lipinski definition) is 1. The molecule has 0 bridgehead atoms. The maximum Gasteiger partial charge on any atom is 0.127 e. The van der Waals surface area contributed by atoms with Gasteiger partial charge in [0.2, 0.25) is 0 Å². The van der Waals surface area contributed by atoms with Gasteiger partial charge in [0, 0.05) is 30.9 Å². The van der Waals surface area contributed by atoms with Crippen molar-refractivity contribution in [2.24, 2.45) is 0 Å². The molecular weight excluding hydrogens is 287 g/mol. The molecule has 0 aliphatic carbocycles. The minimum atomic E-state index is -0.129. The summed E-state index contributed by atoms with van der Waals surface area (Å²) in [5.74, 6) is -0.129. The molecule has 1 N–H and O–H groups in total. The van der Waals surface area contributed by atoms with Crippen LogP contribution in [-0.4, -0.2) is 18.5 Å². The number of halogens is 2. The summed E-state index contributed by atoms with van der Waals surface area (Å²) < 4.78 is 13.7. The lowest BCUT2D eigenvalue weighted by Gasteiger charge is -2.19. The van der Waals surface area contributed by atoms with Crippen LogP contribution in [-0.2, 0) is 19.5 Å². The third-order valence-corrected chi connectivity index (χ3v) is 3.77. The Balaban J connectivity index is 0.00000161. The molecule has 112 valence electrons. The maximum absolute atomic E-state index is 13.7. The molecule has 1 heterocycles. The summed E-state index contributed by atoms with van der Waals surface area (Å²) in [6, 6.07) is 13.4. The highest BCUT2D eigenvalue weighted by Crippen LogP contribution is 2.27. The lowest BCUT2D eigenvalue weighted by Crippen LogP contribution is -2.18. The van der Waals surface area contributed by atoms with Crippen LogP contribution >= 0.6 is 12.4 Å². The monoisotopic (exact) mass is 306 g/mol. The highest BCUT2D eigenvalue weighted by molar-refractivity contribution is 5.85. The van der Waals surface area contributed by atoms with Crippen molar-refractivity contribution in [1.29, 1.82) is 0 Å². The molecule has 4 heteroatoms. The average Bonchev–Trinajstić information content (AvgIpc) is 2.91. The first kappa shape index (κ1) is 15.8. The quantitative estimate of drug-likeness (QED) is 0.923. The SMILES string of the molecule is CN(Cc1ccccc1F)Cc1cccc2c1NCC2.Cl. The van der Waals surface area contributed by atoms with E-state index in [9.17, 15) is 4.39 Å². The van der Waals surface area contributed by atoms with Crippen LogP contribution in [0.25, 0.3) is 0 Å². The van der Waals surface area contributed by atoms with Gasteiger partial charge in [-0.25, -0.2) is 4.39 Å². The lowest BCUT2D eigenvalue weighted by molar-refractivity contribution is 0.314. The second kappa shape index (κ2) is 6.92. The van der Waals surface area contributed by atoms with Crippen molar-refractivity contribution in [2.75, 3.05) is 18.9 Å². The zero-order chi connectivity index (χ0) is 13.9. The van der Waals surface area contributed by atoms with E-state index in [0.717, 1.165) is 25.1 Å². The van der Waals surface area contributed by atoms with E-state index in [1.807, 2.05) is 19.2 Å². The number of fused-ring (bicyclic) bond motifs is 1. The molecule has 2 nitrogen and oxygen atoms in total. The van der Waals surface area contributed by atoms with Gasteiger partial charge >= 0.3 is 0 Å². The molecular formula is C17H20ClFN2. The topological polar surface area (TPSA) is 15.3 Å². The fourth-order valence-corrected chi connectivity index (χ4v) is 2.81. The minimum Gasteiger partial charge on any atom is -0.384 e. The first-order valence-electron chi connectivity index (χ1n) is 7.00. The first-order valence-corrected chi connectivity index (χ1v) is 7.00. The fourth-order valence-electron chi connectivity index (χ4n) is 2.81. The van der Waals surface area contributed by atoms with E-state index in [0.29, 0.717) is 6.54 Å². The average molecular weight is 307 g/mol. The Bertz CT molecular complexity index is 615. The van der Waals surface area contributed by atoms with Gasteiger partial charge in [-0.15, -0.1) is 12.4 Å². The molecule has 2 aromatic rings. The first-order chi connectivity index (χ1) is 9.74. The van der Waals surface area contributed by atoms with E-state index >= 15 is 0 Å². The van der Waals surface area contributed by atoms with Crippen molar-refractivity contribution >= 4 is 18.1 Å². The Morgan fingerprint density at radius 2 is 1.76 bits per heavy atom. The van der Waals surface area contributed by atoms with E-state index in [4.69, 9.17) is 0 Å². The van der Waals surface area contributed by atoms with Crippen LogP contribution in [0.15, 0.2) is 42.5 Å². The molecule has 0 fully saturated rings. The predicted molar refractivity (Wildman–Crippen MR) is 87.5 cm³/mol. The molecule has 3 rings (SSSR count). The zero-order valence-corrected chi connectivity index (χ0v) is 12.9. The lowest BCUT2D eigenvalue weighted by atomic mass is 10.1.